The van der Waals surface area contributed by atoms with Crippen molar-refractivity contribution in [2.24, 2.45) is 0 Å². The summed E-state index contributed by atoms with van der Waals surface area (Å²) in [4.78, 5) is 33.2. The number of nitrogens with zero attached hydrogens (tertiary/aromatic N) is 5. The number of alkyl carbamates (subject to hydrolysis) is 1. The van der Waals surface area contributed by atoms with Crippen molar-refractivity contribution in [1.29, 1.82) is 10.5 Å². The number of aryl methyl sites for hydroxylation is 1. The fourth-order valence-electron chi connectivity index (χ4n) is 6.82. The zero-order valence-electron chi connectivity index (χ0n) is 40.4. The van der Waals surface area contributed by atoms with E-state index < -0.39 is 40.2 Å². The van der Waals surface area contributed by atoms with Gasteiger partial charge >= 0.3 is 35.1 Å². The number of rotatable bonds is 10. The van der Waals surface area contributed by atoms with Gasteiger partial charge in [-0.05, 0) is 99.0 Å². The van der Waals surface area contributed by atoms with Crippen molar-refractivity contribution in [3.8, 4) is 17.8 Å². The molecular formula is C53H68ClMgN7O6Si2. The summed E-state index contributed by atoms with van der Waals surface area (Å²) in [6.45, 7) is 21.9. The van der Waals surface area contributed by atoms with E-state index in [4.69, 9.17) is 21.0 Å². The van der Waals surface area contributed by atoms with Gasteiger partial charge in [-0.15, -0.1) is 0 Å². The minimum absolute atomic E-state index is 0. The molecule has 1 heterocycles. The molecule has 0 fully saturated rings. The van der Waals surface area contributed by atoms with Crippen LogP contribution in [0.15, 0.2) is 127 Å². The Hall–Kier alpha value is -6.25. The number of ether oxygens (including phenoxy) is 1. The Morgan fingerprint density at radius 3 is 1.93 bits per heavy atom. The second kappa shape index (κ2) is 30.4. The Labute approximate surface area is 440 Å². The van der Waals surface area contributed by atoms with Crippen LogP contribution in [0.2, 0.25) is 39.3 Å². The summed E-state index contributed by atoms with van der Waals surface area (Å²) in [5.41, 5.74) is 12.2. The average Bonchev–Trinajstić information content (AvgIpc) is 3.67. The van der Waals surface area contributed by atoms with Crippen molar-refractivity contribution < 1.29 is 41.7 Å². The van der Waals surface area contributed by atoms with E-state index in [2.05, 4.69) is 78.2 Å². The molecule has 1 unspecified atom stereocenters. The SMILES string of the molecule is C.C.C[Si](C)(C)N(c1c[c-]ccc1)[Si](C)(C)C.Cc1cc(C(=O)O)n(-c2cccc(CNC(=O)OC(C)(C)C)c2)n1.N#Cc1cccc(C(O)c2cccc(N)c2)c1.N#Cc1cccc(C=O)c1.[Cl-].[Mg+2]. The number of benzene rings is 5. The summed E-state index contributed by atoms with van der Waals surface area (Å²) < 4.78 is 9.26. The number of hydrogen-bond donors (Lipinski definition) is 4. The summed E-state index contributed by atoms with van der Waals surface area (Å²) in [6, 6.07) is 44.8. The number of nitriles is 2. The van der Waals surface area contributed by atoms with Crippen molar-refractivity contribution >= 4 is 69.2 Å². The summed E-state index contributed by atoms with van der Waals surface area (Å²) in [6.07, 6.45) is -0.540. The van der Waals surface area contributed by atoms with E-state index in [9.17, 15) is 24.6 Å². The van der Waals surface area contributed by atoms with Crippen LogP contribution in [0.4, 0.5) is 16.2 Å². The van der Waals surface area contributed by atoms with Gasteiger partial charge in [0.05, 0.1) is 34.6 Å². The molecule has 0 saturated heterocycles. The second-order valence-corrected chi connectivity index (χ2v) is 28.0. The minimum Gasteiger partial charge on any atom is -1.00 e. The standard InChI is InChI=1S/C17H21N3O4.C14H12N2O.C12H22NSi2.C8H5NO.2CH4.ClH.Mg/c1-11-8-14(15(21)22)20(19-11)13-7-5-6-12(9-13)10-18-16(23)24-17(2,3)4;15-9-10-3-1-4-11(7-10)14(17)12-5-2-6-13(16)8-12;1-14(2,3)13(15(4,5)6)12-10-8-7-9-11-12;9-5-7-2-1-3-8(4-7)6-10;;;;/h5-9H,10H2,1-4H3,(H,18,23)(H,21,22);1-8,14,17H,16H2;7-8,10-11H,1-6H3;1-4,6H;2*1H4;1H;/q;;-1;;;;;+2/p-1. The Morgan fingerprint density at radius 1 is 0.857 bits per heavy atom. The van der Waals surface area contributed by atoms with E-state index in [-0.39, 0.29) is 62.6 Å². The van der Waals surface area contributed by atoms with E-state index in [1.807, 2.05) is 24.3 Å². The zero-order chi connectivity index (χ0) is 49.2. The van der Waals surface area contributed by atoms with Gasteiger partial charge in [0.25, 0.3) is 0 Å². The molecule has 0 spiro atoms. The maximum absolute atomic E-state index is 11.7. The normalized spacial score (nSPS) is 10.6. The Kier molecular flexibility index (Phi) is 28.6. The number of halogens is 1. The van der Waals surface area contributed by atoms with Crippen LogP contribution in [0.1, 0.15) is 96.1 Å². The van der Waals surface area contributed by atoms with Gasteiger partial charge < -0.3 is 42.6 Å². The number of amides is 1. The van der Waals surface area contributed by atoms with Crippen LogP contribution in [0.3, 0.4) is 0 Å². The number of aromatic nitrogens is 2. The molecular weight excluding hydrogens is 947 g/mol. The molecule has 13 nitrogen and oxygen atoms in total. The number of aliphatic hydroxyl groups is 1. The molecule has 0 aliphatic rings. The van der Waals surface area contributed by atoms with E-state index in [1.54, 1.807) is 119 Å². The third kappa shape index (κ3) is 22.0. The summed E-state index contributed by atoms with van der Waals surface area (Å²) in [5.74, 6) is -1.05. The van der Waals surface area contributed by atoms with Crippen LogP contribution >= 0.6 is 0 Å². The van der Waals surface area contributed by atoms with Gasteiger partial charge in [-0.1, -0.05) is 108 Å². The van der Waals surface area contributed by atoms with E-state index >= 15 is 0 Å². The van der Waals surface area contributed by atoms with Gasteiger partial charge in [0.15, 0.2) is 5.69 Å². The molecule has 5 aromatic carbocycles. The average molecular weight is 1020 g/mol. The van der Waals surface area contributed by atoms with Crippen LogP contribution in [0, 0.1) is 35.7 Å². The maximum Gasteiger partial charge on any atom is 2.00 e. The number of carbonyl (C=O) groups excluding carboxylic acids is 2. The molecule has 70 heavy (non-hydrogen) atoms. The number of nitrogens with two attached hydrogens (primary N) is 1. The number of anilines is 2. The minimum atomic E-state index is -1.29. The van der Waals surface area contributed by atoms with E-state index in [0.29, 0.717) is 39.3 Å². The van der Waals surface area contributed by atoms with Crippen molar-refractivity contribution in [3.63, 3.8) is 0 Å². The molecule has 6 rings (SSSR count). The second-order valence-electron chi connectivity index (χ2n) is 18.0. The number of hydrogen-bond acceptors (Lipinski definition) is 10. The van der Waals surface area contributed by atoms with Gasteiger partial charge in [0.1, 0.15) is 34.5 Å². The molecule has 368 valence electrons. The molecule has 0 bridgehead atoms. The van der Waals surface area contributed by atoms with Gasteiger partial charge in [0, 0.05) is 17.8 Å². The topological polar surface area (TPSA) is 208 Å². The molecule has 1 aromatic heterocycles. The largest absolute Gasteiger partial charge is 2.00 e. The number of nitrogen functional groups attached to an aromatic ring is 1. The predicted molar refractivity (Wildman–Crippen MR) is 285 cm³/mol. The first kappa shape index (κ1) is 65.8. The molecule has 6 aromatic rings. The van der Waals surface area contributed by atoms with Crippen molar-refractivity contribution in [2.75, 3.05) is 9.96 Å². The molecule has 0 aliphatic heterocycles. The van der Waals surface area contributed by atoms with Crippen LogP contribution < -0.4 is 27.7 Å². The molecule has 5 N–H and O–H groups in total. The van der Waals surface area contributed by atoms with Crippen LogP contribution in [0.5, 0.6) is 0 Å². The fourth-order valence-corrected chi connectivity index (χ4v) is 16.7. The Bertz CT molecular complexity index is 2640. The zero-order valence-corrected chi connectivity index (χ0v) is 44.6. The van der Waals surface area contributed by atoms with Crippen molar-refractivity contribution in [3.05, 3.63) is 178 Å². The molecule has 1 amide bonds. The number of aliphatic hydroxyl groups excluding tert-OH is 1. The first-order valence-electron chi connectivity index (χ1n) is 21.1. The fraction of sp³-hybridized carbons (Fsp3) is 0.283. The maximum atomic E-state index is 11.7. The van der Waals surface area contributed by atoms with Gasteiger partial charge in [-0.2, -0.15) is 46.0 Å². The van der Waals surface area contributed by atoms with E-state index in [0.717, 1.165) is 17.4 Å². The molecule has 17 heteroatoms. The Morgan fingerprint density at radius 2 is 1.41 bits per heavy atom. The molecule has 1 atom stereocenters. The van der Waals surface area contributed by atoms with Crippen LogP contribution in [-0.2, 0) is 11.3 Å². The van der Waals surface area contributed by atoms with E-state index in [1.165, 1.54) is 16.4 Å². The number of aromatic carboxylic acids is 1. The predicted octanol–water partition coefficient (Wildman–Crippen LogP) is 8.35. The monoisotopic (exact) mass is 1010 g/mol. The number of nitrogens with one attached hydrogen (secondary N) is 1. The molecule has 0 aliphatic carbocycles. The summed E-state index contributed by atoms with van der Waals surface area (Å²) in [7, 11) is -2.58. The van der Waals surface area contributed by atoms with Crippen molar-refractivity contribution in [2.45, 2.75) is 100 Å². The molecule has 0 saturated carbocycles. The smallest absolute Gasteiger partial charge is 1.00 e. The first-order chi connectivity index (χ1) is 30.9. The number of carboxylic acid groups (broad SMARTS) is 1. The van der Waals surface area contributed by atoms with Gasteiger partial charge in [-0.25, -0.2) is 14.3 Å². The summed E-state index contributed by atoms with van der Waals surface area (Å²) in [5, 5.41) is 43.5. The third-order valence-electron chi connectivity index (χ3n) is 9.04. The molecule has 0 radical (unpaired) electrons. The van der Waals surface area contributed by atoms with Gasteiger partial charge in [0.2, 0.25) is 0 Å². The first-order valence-corrected chi connectivity index (χ1v) is 28.0. The van der Waals surface area contributed by atoms with Crippen LogP contribution in [0.25, 0.3) is 5.69 Å². The summed E-state index contributed by atoms with van der Waals surface area (Å²) >= 11 is 0. The van der Waals surface area contributed by atoms with Crippen molar-refractivity contribution in [1.82, 2.24) is 15.1 Å². The third-order valence-corrected chi connectivity index (χ3v) is 16.3. The quantitative estimate of drug-likeness (QED) is 0.0444. The number of carbonyl (C=O) groups is 3. The Balaban J connectivity index is 0. The van der Waals surface area contributed by atoms with Crippen LogP contribution in [-0.4, -0.2) is 83.5 Å². The number of carboxylic acids is 1. The van der Waals surface area contributed by atoms with Gasteiger partial charge in [-0.3, -0.25) is 4.79 Å². The number of aldehydes is 1.